The monoisotopic (exact) mass is 463 g/mol. The zero-order valence-corrected chi connectivity index (χ0v) is 17.5. The molecule has 1 heterocycles. The van der Waals surface area contributed by atoms with Gasteiger partial charge < -0.3 is 15.0 Å². The number of nitrogens with zero attached hydrogens (tertiary/aromatic N) is 1. The van der Waals surface area contributed by atoms with Gasteiger partial charge in [0.25, 0.3) is 0 Å². The van der Waals surface area contributed by atoms with E-state index in [4.69, 9.17) is 4.74 Å². The number of nitrogens with one attached hydrogen (secondary N) is 2. The average Bonchev–Trinajstić information content (AvgIpc) is 2.52. The highest BCUT2D eigenvalue weighted by atomic mass is 79.9. The summed E-state index contributed by atoms with van der Waals surface area (Å²) >= 11 is 3.30. The second kappa shape index (κ2) is 11.5. The van der Waals surface area contributed by atoms with Crippen LogP contribution in [0.1, 0.15) is 6.42 Å². The van der Waals surface area contributed by atoms with Gasteiger partial charge in [-0.25, -0.2) is 13.1 Å². The Labute approximate surface area is 164 Å². The van der Waals surface area contributed by atoms with Crippen molar-refractivity contribution in [2.75, 3.05) is 46.4 Å². The summed E-state index contributed by atoms with van der Waals surface area (Å²) < 4.78 is 32.9. The summed E-state index contributed by atoms with van der Waals surface area (Å²) in [4.78, 5) is 2.58. The smallest absolute Gasteiger partial charge is 0.240 e. The number of halogens is 3. The first-order chi connectivity index (χ1) is 10.5. The molecule has 24 heavy (non-hydrogen) atoms. The number of piperazine rings is 1. The minimum absolute atomic E-state index is 0. The number of methoxy groups -OCH3 is 1. The van der Waals surface area contributed by atoms with Crippen LogP contribution in [0.4, 0.5) is 0 Å². The van der Waals surface area contributed by atoms with Crippen LogP contribution in [0.2, 0.25) is 0 Å². The minimum Gasteiger partial charge on any atom is -0.496 e. The van der Waals surface area contributed by atoms with Gasteiger partial charge in [-0.05, 0) is 47.1 Å². The van der Waals surface area contributed by atoms with Crippen molar-refractivity contribution in [3.8, 4) is 5.75 Å². The SMILES string of the molecule is COc1ccc(S(=O)(=O)NCCCN2CCNCC2)cc1Br.Cl.Cl. The highest BCUT2D eigenvalue weighted by Crippen LogP contribution is 2.27. The van der Waals surface area contributed by atoms with Crippen LogP contribution in [0.5, 0.6) is 5.75 Å². The maximum atomic E-state index is 12.2. The fourth-order valence-corrected chi connectivity index (χ4v) is 4.13. The standard InChI is InChI=1S/C14H22BrN3O3S.2ClH/c1-21-14-4-3-12(11-13(14)15)22(19,20)17-5-2-8-18-9-6-16-7-10-18;;/h3-4,11,16-17H,2,5-10H2,1H3;2*1H. The van der Waals surface area contributed by atoms with E-state index in [1.807, 2.05) is 0 Å². The summed E-state index contributed by atoms with van der Waals surface area (Å²) in [6.45, 7) is 5.42. The van der Waals surface area contributed by atoms with Gasteiger partial charge in [-0.1, -0.05) is 0 Å². The molecule has 6 nitrogen and oxygen atoms in total. The molecule has 1 fully saturated rings. The first-order valence-corrected chi connectivity index (χ1v) is 9.57. The summed E-state index contributed by atoms with van der Waals surface area (Å²) in [5.74, 6) is 0.609. The van der Waals surface area contributed by atoms with Crippen LogP contribution in [0.15, 0.2) is 27.6 Å². The van der Waals surface area contributed by atoms with E-state index in [2.05, 4.69) is 30.9 Å². The molecule has 0 spiro atoms. The maximum absolute atomic E-state index is 12.2. The van der Waals surface area contributed by atoms with Gasteiger partial charge in [0.05, 0.1) is 16.5 Å². The quantitative estimate of drug-likeness (QED) is 0.603. The van der Waals surface area contributed by atoms with Crippen LogP contribution in [-0.2, 0) is 10.0 Å². The largest absolute Gasteiger partial charge is 0.496 e. The lowest BCUT2D eigenvalue weighted by Crippen LogP contribution is -2.44. The number of sulfonamides is 1. The fourth-order valence-electron chi connectivity index (χ4n) is 2.34. The average molecular weight is 465 g/mol. The third kappa shape index (κ3) is 7.03. The van der Waals surface area contributed by atoms with Gasteiger partial charge in [-0.2, -0.15) is 0 Å². The Hall–Kier alpha value is -0.0900. The number of rotatable bonds is 7. The second-order valence-electron chi connectivity index (χ2n) is 5.14. The summed E-state index contributed by atoms with van der Waals surface area (Å²) in [6.07, 6.45) is 0.802. The van der Waals surface area contributed by atoms with Crippen LogP contribution in [0.25, 0.3) is 0 Å². The third-order valence-electron chi connectivity index (χ3n) is 3.59. The molecule has 1 aromatic rings. The zero-order chi connectivity index (χ0) is 16.0. The van der Waals surface area contributed by atoms with Crippen LogP contribution in [0.3, 0.4) is 0 Å². The van der Waals surface area contributed by atoms with Crippen LogP contribution >= 0.6 is 40.7 Å². The van der Waals surface area contributed by atoms with Crippen LogP contribution < -0.4 is 14.8 Å². The molecule has 2 N–H and O–H groups in total. The molecule has 0 radical (unpaired) electrons. The lowest BCUT2D eigenvalue weighted by Gasteiger charge is -2.27. The van der Waals surface area contributed by atoms with Crippen molar-refractivity contribution in [1.82, 2.24) is 14.9 Å². The predicted octanol–water partition coefficient (Wildman–Crippen LogP) is 1.87. The summed E-state index contributed by atoms with van der Waals surface area (Å²) in [6, 6.07) is 4.74. The van der Waals surface area contributed by atoms with Gasteiger partial charge in [0.1, 0.15) is 5.75 Å². The molecule has 0 aliphatic carbocycles. The Morgan fingerprint density at radius 1 is 1.29 bits per heavy atom. The molecule has 2 rings (SSSR count). The first-order valence-electron chi connectivity index (χ1n) is 7.29. The molecule has 1 saturated heterocycles. The molecule has 0 amide bonds. The molecule has 0 atom stereocenters. The number of hydrogen-bond acceptors (Lipinski definition) is 5. The number of ether oxygens (including phenoxy) is 1. The molecule has 0 aromatic heterocycles. The lowest BCUT2D eigenvalue weighted by atomic mass is 10.3. The Bertz CT molecular complexity index is 599. The third-order valence-corrected chi connectivity index (χ3v) is 5.66. The van der Waals surface area contributed by atoms with Gasteiger partial charge in [0, 0.05) is 32.7 Å². The second-order valence-corrected chi connectivity index (χ2v) is 7.76. The zero-order valence-electron chi connectivity index (χ0n) is 13.5. The van der Waals surface area contributed by atoms with E-state index in [1.165, 1.54) is 0 Å². The van der Waals surface area contributed by atoms with Crippen molar-refractivity contribution in [1.29, 1.82) is 0 Å². The van der Waals surface area contributed by atoms with Crippen molar-refractivity contribution in [2.45, 2.75) is 11.3 Å². The minimum atomic E-state index is -3.48. The lowest BCUT2D eigenvalue weighted by molar-refractivity contribution is 0.239. The summed E-state index contributed by atoms with van der Waals surface area (Å²) in [7, 11) is -1.93. The van der Waals surface area contributed by atoms with E-state index in [-0.39, 0.29) is 29.7 Å². The van der Waals surface area contributed by atoms with Crippen LogP contribution in [-0.4, -0.2) is 59.7 Å². The van der Waals surface area contributed by atoms with E-state index in [0.29, 0.717) is 16.8 Å². The Morgan fingerprint density at radius 3 is 2.54 bits per heavy atom. The molecule has 1 aromatic carbocycles. The van der Waals surface area contributed by atoms with Gasteiger partial charge in [-0.3, -0.25) is 0 Å². The molecule has 0 saturated carbocycles. The molecule has 140 valence electrons. The van der Waals surface area contributed by atoms with Crippen molar-refractivity contribution in [2.24, 2.45) is 0 Å². The van der Waals surface area contributed by atoms with E-state index in [9.17, 15) is 8.42 Å². The van der Waals surface area contributed by atoms with E-state index < -0.39 is 10.0 Å². The van der Waals surface area contributed by atoms with Crippen molar-refractivity contribution in [3.05, 3.63) is 22.7 Å². The van der Waals surface area contributed by atoms with Gasteiger partial charge in [0.2, 0.25) is 10.0 Å². The van der Waals surface area contributed by atoms with E-state index >= 15 is 0 Å². The first kappa shape index (κ1) is 23.9. The van der Waals surface area contributed by atoms with Gasteiger partial charge >= 0.3 is 0 Å². The van der Waals surface area contributed by atoms with Crippen LogP contribution in [0, 0.1) is 0 Å². The Morgan fingerprint density at radius 2 is 1.96 bits per heavy atom. The van der Waals surface area contributed by atoms with Crippen molar-refractivity contribution < 1.29 is 13.2 Å². The summed E-state index contributed by atoms with van der Waals surface area (Å²) in [5, 5.41) is 3.30. The van der Waals surface area contributed by atoms with E-state index in [1.54, 1.807) is 25.3 Å². The predicted molar refractivity (Wildman–Crippen MR) is 104 cm³/mol. The topological polar surface area (TPSA) is 70.7 Å². The molecule has 0 unspecified atom stereocenters. The number of benzene rings is 1. The van der Waals surface area contributed by atoms with Gasteiger partial charge in [0.15, 0.2) is 0 Å². The molecule has 0 bridgehead atoms. The van der Waals surface area contributed by atoms with Gasteiger partial charge in [-0.15, -0.1) is 24.8 Å². The Kier molecular flexibility index (Phi) is 11.5. The molecule has 1 aliphatic heterocycles. The fraction of sp³-hybridized carbons (Fsp3) is 0.571. The normalized spacial score (nSPS) is 15.2. The maximum Gasteiger partial charge on any atom is 0.240 e. The molecular weight excluding hydrogens is 441 g/mol. The molecular formula is C14H24BrCl2N3O3S. The van der Waals surface area contributed by atoms with E-state index in [0.717, 1.165) is 39.1 Å². The summed E-state index contributed by atoms with van der Waals surface area (Å²) in [5.41, 5.74) is 0. The van der Waals surface area contributed by atoms with Crippen molar-refractivity contribution >= 4 is 50.8 Å². The number of hydrogen-bond donors (Lipinski definition) is 2. The van der Waals surface area contributed by atoms with Crippen molar-refractivity contribution in [3.63, 3.8) is 0 Å². The highest BCUT2D eigenvalue weighted by molar-refractivity contribution is 9.10. The highest BCUT2D eigenvalue weighted by Gasteiger charge is 2.16. The molecule has 10 heteroatoms. The molecule has 1 aliphatic rings. The Balaban J connectivity index is 0.00000264.